The van der Waals surface area contributed by atoms with Gasteiger partial charge in [0.25, 0.3) is 0 Å². The van der Waals surface area contributed by atoms with Gasteiger partial charge in [0.1, 0.15) is 0 Å². The van der Waals surface area contributed by atoms with Gasteiger partial charge in [-0.1, -0.05) is 18.2 Å². The summed E-state index contributed by atoms with van der Waals surface area (Å²) < 4.78 is 1.11. The predicted octanol–water partition coefficient (Wildman–Crippen LogP) is 1.78. The van der Waals surface area contributed by atoms with Crippen LogP contribution in [0.4, 0.5) is 0 Å². The van der Waals surface area contributed by atoms with Crippen LogP contribution in [0.2, 0.25) is 0 Å². The topological polar surface area (TPSA) is 26.1 Å². The van der Waals surface area contributed by atoms with Crippen molar-refractivity contribution in [2.45, 2.75) is 12.8 Å². The average Bonchev–Trinajstić information content (AvgIpc) is 2.53. The maximum atomic E-state index is 11.3. The second-order valence-electron chi connectivity index (χ2n) is 3.02. The first-order valence-corrected chi connectivity index (χ1v) is 4.24. The van der Waals surface area contributed by atoms with E-state index >= 15 is 0 Å². The lowest BCUT2D eigenvalue weighted by atomic mass is 10.1. The lowest BCUT2D eigenvalue weighted by molar-refractivity contribution is -0.447. The van der Waals surface area contributed by atoms with Crippen molar-refractivity contribution < 1.29 is 4.74 Å². The minimum atomic E-state index is 0.657. The lowest BCUT2D eigenvalue weighted by Crippen LogP contribution is -2.08. The van der Waals surface area contributed by atoms with E-state index < -0.39 is 0 Å². The van der Waals surface area contributed by atoms with E-state index in [0.29, 0.717) is 6.54 Å². The predicted molar refractivity (Wildman–Crippen MR) is 48.3 cm³/mol. The van der Waals surface area contributed by atoms with E-state index in [1.165, 1.54) is 0 Å². The van der Waals surface area contributed by atoms with Gasteiger partial charge in [0, 0.05) is 18.4 Å². The Labute approximate surface area is 71.7 Å². The van der Waals surface area contributed by atoms with Crippen LogP contribution in [0.1, 0.15) is 18.4 Å². The van der Waals surface area contributed by atoms with Gasteiger partial charge < -0.3 is 5.21 Å². The Morgan fingerprint density at radius 2 is 1.92 bits per heavy atom. The fourth-order valence-electron chi connectivity index (χ4n) is 1.57. The van der Waals surface area contributed by atoms with Crippen LogP contribution in [0.5, 0.6) is 0 Å². The van der Waals surface area contributed by atoms with Crippen molar-refractivity contribution in [3.05, 3.63) is 41.1 Å². The zero-order chi connectivity index (χ0) is 8.39. The molecule has 0 atom stereocenters. The summed E-state index contributed by atoms with van der Waals surface area (Å²) in [6.45, 7) is 0.657. The van der Waals surface area contributed by atoms with E-state index in [0.717, 1.165) is 28.9 Å². The van der Waals surface area contributed by atoms with Crippen LogP contribution >= 0.6 is 0 Å². The Kier molecular flexibility index (Phi) is 1.82. The maximum Gasteiger partial charge on any atom is 0.194 e. The van der Waals surface area contributed by atoms with Crippen molar-refractivity contribution in [2.24, 2.45) is 0 Å². The number of nitrogens with zero attached hydrogens (tertiary/aromatic N) is 1. The molecule has 0 unspecified atom stereocenters. The Bertz CT molecular complexity index is 303. The van der Waals surface area contributed by atoms with E-state index in [1.807, 2.05) is 30.3 Å². The van der Waals surface area contributed by atoms with Crippen LogP contribution < -0.4 is 0 Å². The molecule has 1 heterocycles. The quantitative estimate of drug-likeness (QED) is 0.455. The van der Waals surface area contributed by atoms with E-state index in [2.05, 4.69) is 0 Å². The van der Waals surface area contributed by atoms with Crippen molar-refractivity contribution in [2.75, 3.05) is 6.54 Å². The molecule has 0 radical (unpaired) electrons. The van der Waals surface area contributed by atoms with Crippen molar-refractivity contribution in [3.8, 4) is 0 Å². The summed E-state index contributed by atoms with van der Waals surface area (Å²) in [5, 5.41) is 11.3. The Balaban J connectivity index is 2.37. The number of hydrogen-bond acceptors (Lipinski definition) is 1. The third-order valence-corrected chi connectivity index (χ3v) is 2.18. The van der Waals surface area contributed by atoms with Crippen molar-refractivity contribution in [1.82, 2.24) is 0 Å². The van der Waals surface area contributed by atoms with Gasteiger partial charge in [-0.2, -0.15) is 0 Å². The van der Waals surface area contributed by atoms with E-state index in [9.17, 15) is 5.21 Å². The second-order valence-corrected chi connectivity index (χ2v) is 3.02. The highest BCUT2D eigenvalue weighted by Crippen LogP contribution is 2.11. The van der Waals surface area contributed by atoms with E-state index in [1.54, 1.807) is 0 Å². The molecule has 0 spiro atoms. The largest absolute Gasteiger partial charge is 0.624 e. The van der Waals surface area contributed by atoms with Gasteiger partial charge in [0.05, 0.1) is 0 Å². The molecule has 0 aromatic heterocycles. The average molecular weight is 161 g/mol. The summed E-state index contributed by atoms with van der Waals surface area (Å²) in [4.78, 5) is 0. The number of benzene rings is 1. The third-order valence-electron chi connectivity index (χ3n) is 2.18. The molecule has 1 aliphatic heterocycles. The first-order valence-electron chi connectivity index (χ1n) is 4.24. The van der Waals surface area contributed by atoms with Crippen LogP contribution in [0.3, 0.4) is 0 Å². The third kappa shape index (κ3) is 1.20. The van der Waals surface area contributed by atoms with Crippen LogP contribution in [0.15, 0.2) is 30.3 Å². The molecule has 1 aliphatic rings. The molecule has 1 aromatic carbocycles. The van der Waals surface area contributed by atoms with Crippen LogP contribution in [-0.4, -0.2) is 17.0 Å². The van der Waals surface area contributed by atoms with Crippen molar-refractivity contribution in [3.63, 3.8) is 0 Å². The number of rotatable bonds is 1. The molecule has 12 heavy (non-hydrogen) atoms. The summed E-state index contributed by atoms with van der Waals surface area (Å²) in [7, 11) is 0. The zero-order valence-corrected chi connectivity index (χ0v) is 6.86. The minimum absolute atomic E-state index is 0.657. The molecular formula is C10H11NO. The summed E-state index contributed by atoms with van der Waals surface area (Å²) in [5.41, 5.74) is 2.01. The van der Waals surface area contributed by atoms with Crippen LogP contribution in [0.25, 0.3) is 0 Å². The smallest absolute Gasteiger partial charge is 0.194 e. The SMILES string of the molecule is [O-][N+]1=C(c2ccccc2)CCC1. The fraction of sp³-hybridized carbons (Fsp3) is 0.300. The lowest BCUT2D eigenvalue weighted by Gasteiger charge is -2.01. The molecule has 2 nitrogen and oxygen atoms in total. The Hall–Kier alpha value is -1.31. The summed E-state index contributed by atoms with van der Waals surface area (Å²) in [6, 6.07) is 9.88. The molecule has 0 aliphatic carbocycles. The van der Waals surface area contributed by atoms with Gasteiger partial charge in [-0.3, -0.25) is 0 Å². The monoisotopic (exact) mass is 161 g/mol. The molecule has 0 saturated carbocycles. The highest BCUT2D eigenvalue weighted by molar-refractivity contribution is 5.97. The fourth-order valence-corrected chi connectivity index (χ4v) is 1.57. The molecule has 2 heteroatoms. The molecule has 0 fully saturated rings. The summed E-state index contributed by atoms with van der Waals surface area (Å²) in [5.74, 6) is 0. The second kappa shape index (κ2) is 2.97. The van der Waals surface area contributed by atoms with Crippen molar-refractivity contribution >= 4 is 5.71 Å². The zero-order valence-electron chi connectivity index (χ0n) is 6.86. The first kappa shape index (κ1) is 7.35. The summed E-state index contributed by atoms with van der Waals surface area (Å²) >= 11 is 0. The maximum absolute atomic E-state index is 11.3. The van der Waals surface area contributed by atoms with Gasteiger partial charge in [-0.25, -0.2) is 4.74 Å². The molecular weight excluding hydrogens is 150 g/mol. The molecule has 62 valence electrons. The molecule has 0 bridgehead atoms. The van der Waals surface area contributed by atoms with Crippen LogP contribution in [-0.2, 0) is 0 Å². The van der Waals surface area contributed by atoms with Crippen molar-refractivity contribution in [1.29, 1.82) is 0 Å². The summed E-state index contributed by atoms with van der Waals surface area (Å²) in [6.07, 6.45) is 1.92. The van der Waals surface area contributed by atoms with Gasteiger partial charge in [-0.05, 0) is 12.1 Å². The Morgan fingerprint density at radius 1 is 1.17 bits per heavy atom. The highest BCUT2D eigenvalue weighted by atomic mass is 16.5. The van der Waals surface area contributed by atoms with E-state index in [-0.39, 0.29) is 0 Å². The molecule has 0 saturated heterocycles. The Morgan fingerprint density at radius 3 is 2.50 bits per heavy atom. The molecule has 0 N–H and O–H groups in total. The highest BCUT2D eigenvalue weighted by Gasteiger charge is 2.18. The molecule has 0 amide bonds. The van der Waals surface area contributed by atoms with Gasteiger partial charge in [0.2, 0.25) is 0 Å². The first-order chi connectivity index (χ1) is 5.88. The number of hydrogen-bond donors (Lipinski definition) is 0. The van der Waals surface area contributed by atoms with Gasteiger partial charge in [0.15, 0.2) is 12.3 Å². The molecule has 1 aromatic rings. The standard InChI is InChI=1S/C10H11NO/c12-11-8-4-7-10(11)9-5-2-1-3-6-9/h1-3,5-6H,4,7-8H2. The van der Waals surface area contributed by atoms with Crippen LogP contribution in [0, 0.1) is 5.21 Å². The van der Waals surface area contributed by atoms with Gasteiger partial charge in [-0.15, -0.1) is 0 Å². The normalized spacial score (nSPS) is 17.0. The minimum Gasteiger partial charge on any atom is -0.624 e. The molecule has 2 rings (SSSR count). The van der Waals surface area contributed by atoms with Gasteiger partial charge >= 0.3 is 0 Å². The van der Waals surface area contributed by atoms with E-state index in [4.69, 9.17) is 0 Å². The number of hydroxylamine groups is 1.